The molecule has 3 rings (SSSR count). The van der Waals surface area contributed by atoms with Crippen molar-refractivity contribution in [3.63, 3.8) is 0 Å². The zero-order valence-electron chi connectivity index (χ0n) is 22.1. The van der Waals surface area contributed by atoms with Crippen LogP contribution in [0, 0.1) is 23.7 Å². The van der Waals surface area contributed by atoms with Gasteiger partial charge in [-0.25, -0.2) is 19.6 Å². The third-order valence-corrected chi connectivity index (χ3v) is 6.76. The lowest BCUT2D eigenvalue weighted by Gasteiger charge is -2.27. The van der Waals surface area contributed by atoms with Crippen LogP contribution in [-0.2, 0) is 31.9 Å². The Hall–Kier alpha value is -3.16. The summed E-state index contributed by atoms with van der Waals surface area (Å²) in [6.45, 7) is 11.8. The summed E-state index contributed by atoms with van der Waals surface area (Å²) in [6, 6.07) is 0. The van der Waals surface area contributed by atoms with Crippen LogP contribution in [0.4, 0.5) is 0 Å². The van der Waals surface area contributed by atoms with Gasteiger partial charge >= 0.3 is 11.9 Å². The van der Waals surface area contributed by atoms with E-state index in [1.807, 2.05) is 39.8 Å². The Morgan fingerprint density at radius 3 is 1.44 bits per heavy atom. The van der Waals surface area contributed by atoms with E-state index in [4.69, 9.17) is 18.3 Å². The van der Waals surface area contributed by atoms with Gasteiger partial charge in [0.1, 0.15) is 23.7 Å². The summed E-state index contributed by atoms with van der Waals surface area (Å²) >= 11 is 0. The van der Waals surface area contributed by atoms with Gasteiger partial charge in [-0.1, -0.05) is 39.8 Å². The highest BCUT2D eigenvalue weighted by atomic mass is 16.5. The van der Waals surface area contributed by atoms with Gasteiger partial charge in [-0.3, -0.25) is 0 Å². The SMILES string of the molecule is CC1=C[C@@H](C)C[C@@H](C)[C@@H](Cc2cnco2)OC(=O)C(C)=C[C@@H](C)C[C@@H](C)[C@H](Cc2cnco2)OC1=O. The molecule has 8 nitrogen and oxygen atoms in total. The fourth-order valence-corrected chi connectivity index (χ4v) is 4.86. The smallest absolute Gasteiger partial charge is 0.333 e. The molecule has 0 unspecified atom stereocenters. The van der Waals surface area contributed by atoms with Crippen LogP contribution in [-0.4, -0.2) is 34.1 Å². The minimum atomic E-state index is -0.384. The van der Waals surface area contributed by atoms with Crippen molar-refractivity contribution in [3.8, 4) is 0 Å². The van der Waals surface area contributed by atoms with E-state index < -0.39 is 0 Å². The quantitative estimate of drug-likeness (QED) is 0.509. The lowest BCUT2D eigenvalue weighted by Crippen LogP contribution is -2.30. The molecule has 0 N–H and O–H groups in total. The van der Waals surface area contributed by atoms with Crippen LogP contribution < -0.4 is 0 Å². The standard InChI is InChI=1S/C28H38N2O6/c1-17-7-19(3)25(11-23-13-29-15-33-23)35-28(32)22(6)10-18(2)8-20(4)26(12-24-14-30-16-34-24)36-27(31)21(5)9-17/h9-10,13-20,25-26H,7-8,11-12H2,1-6H3/t17-,18-,19+,20+,25-,26+/m0/s1. The first-order valence-electron chi connectivity index (χ1n) is 12.7. The van der Waals surface area contributed by atoms with Crippen molar-refractivity contribution in [2.45, 2.75) is 79.4 Å². The molecular weight excluding hydrogens is 460 g/mol. The molecule has 0 saturated carbocycles. The number of carbonyl (C=O) groups excluding carboxylic acids is 2. The molecule has 2 aromatic rings. The number of hydrogen-bond acceptors (Lipinski definition) is 8. The molecule has 36 heavy (non-hydrogen) atoms. The molecule has 0 bridgehead atoms. The minimum Gasteiger partial charge on any atom is -0.458 e. The van der Waals surface area contributed by atoms with Crippen molar-refractivity contribution >= 4 is 11.9 Å². The molecule has 3 heterocycles. The number of nitrogens with zero attached hydrogens (tertiary/aromatic N) is 2. The van der Waals surface area contributed by atoms with Crippen molar-refractivity contribution in [1.29, 1.82) is 0 Å². The summed E-state index contributed by atoms with van der Waals surface area (Å²) in [5, 5.41) is 0. The van der Waals surface area contributed by atoms with Gasteiger partial charge in [0.05, 0.1) is 12.4 Å². The number of esters is 2. The highest BCUT2D eigenvalue weighted by Gasteiger charge is 2.28. The topological polar surface area (TPSA) is 105 Å². The van der Waals surface area contributed by atoms with Gasteiger partial charge in [0, 0.05) is 24.0 Å². The summed E-state index contributed by atoms with van der Waals surface area (Å²) in [7, 11) is 0. The summed E-state index contributed by atoms with van der Waals surface area (Å²) in [6.07, 6.45) is 11.4. The minimum absolute atomic E-state index is 0.0199. The normalized spacial score (nSPS) is 29.2. The van der Waals surface area contributed by atoms with E-state index >= 15 is 0 Å². The van der Waals surface area contributed by atoms with Crippen LogP contribution >= 0.6 is 0 Å². The number of hydrogen-bond donors (Lipinski definition) is 0. The third-order valence-electron chi connectivity index (χ3n) is 6.76. The van der Waals surface area contributed by atoms with Crippen molar-refractivity contribution in [3.05, 3.63) is 60.0 Å². The van der Waals surface area contributed by atoms with Gasteiger partial charge in [0.25, 0.3) is 0 Å². The van der Waals surface area contributed by atoms with Crippen LogP contribution in [0.1, 0.15) is 65.9 Å². The lowest BCUT2D eigenvalue weighted by molar-refractivity contribution is -0.147. The van der Waals surface area contributed by atoms with Crippen LogP contribution in [0.5, 0.6) is 0 Å². The second-order valence-electron chi connectivity index (χ2n) is 10.3. The van der Waals surface area contributed by atoms with E-state index in [0.29, 0.717) is 48.3 Å². The second-order valence-corrected chi connectivity index (χ2v) is 10.3. The van der Waals surface area contributed by atoms with E-state index in [9.17, 15) is 9.59 Å². The number of oxazole rings is 2. The molecule has 0 aliphatic carbocycles. The second kappa shape index (κ2) is 12.7. The van der Waals surface area contributed by atoms with E-state index in [-0.39, 0.29) is 47.8 Å². The Morgan fingerprint density at radius 2 is 1.11 bits per heavy atom. The Kier molecular flexibility index (Phi) is 9.67. The molecule has 0 fully saturated rings. The molecule has 0 saturated heterocycles. The Balaban J connectivity index is 1.87. The van der Waals surface area contributed by atoms with E-state index in [2.05, 4.69) is 9.97 Å². The first-order chi connectivity index (χ1) is 17.1. The molecule has 1 aliphatic rings. The Labute approximate surface area is 213 Å². The largest absolute Gasteiger partial charge is 0.458 e. The van der Waals surface area contributed by atoms with E-state index in [1.54, 1.807) is 26.2 Å². The van der Waals surface area contributed by atoms with Gasteiger partial charge in [0.2, 0.25) is 0 Å². The zero-order valence-corrected chi connectivity index (χ0v) is 22.1. The lowest BCUT2D eigenvalue weighted by atomic mass is 9.88. The number of aromatic nitrogens is 2. The predicted molar refractivity (Wildman–Crippen MR) is 134 cm³/mol. The summed E-state index contributed by atoms with van der Waals surface area (Å²) in [5.41, 5.74) is 1.12. The molecule has 0 radical (unpaired) electrons. The fraction of sp³-hybridized carbons (Fsp3) is 0.571. The monoisotopic (exact) mass is 498 g/mol. The van der Waals surface area contributed by atoms with Gasteiger partial charge in [-0.2, -0.15) is 0 Å². The molecule has 0 amide bonds. The van der Waals surface area contributed by atoms with Gasteiger partial charge < -0.3 is 18.3 Å². The van der Waals surface area contributed by atoms with Crippen LogP contribution in [0.2, 0.25) is 0 Å². The molecule has 6 atom stereocenters. The van der Waals surface area contributed by atoms with Gasteiger partial charge in [-0.15, -0.1) is 0 Å². The number of cyclic esters (lactones) is 2. The van der Waals surface area contributed by atoms with Crippen molar-refractivity contribution in [2.24, 2.45) is 23.7 Å². The molecule has 0 spiro atoms. The first-order valence-corrected chi connectivity index (χ1v) is 12.7. The zero-order chi connectivity index (χ0) is 26.2. The Morgan fingerprint density at radius 1 is 0.722 bits per heavy atom. The third kappa shape index (κ3) is 7.93. The Bertz CT molecular complexity index is 956. The molecule has 8 heteroatoms. The molecule has 2 aromatic heterocycles. The van der Waals surface area contributed by atoms with Crippen molar-refractivity contribution in [2.75, 3.05) is 0 Å². The van der Waals surface area contributed by atoms with Crippen LogP contribution in [0.15, 0.2) is 57.3 Å². The number of allylic oxidation sites excluding steroid dienone is 2. The average molecular weight is 499 g/mol. The highest BCUT2D eigenvalue weighted by Crippen LogP contribution is 2.27. The molecule has 196 valence electrons. The van der Waals surface area contributed by atoms with E-state index in [0.717, 1.165) is 0 Å². The average Bonchev–Trinajstić information content (AvgIpc) is 3.51. The molecular formula is C28H38N2O6. The van der Waals surface area contributed by atoms with Gasteiger partial charge in [0.15, 0.2) is 12.8 Å². The number of carbonyl (C=O) groups is 2. The number of ether oxygens (including phenoxy) is 2. The molecule has 0 aromatic carbocycles. The summed E-state index contributed by atoms with van der Waals surface area (Å²) < 4.78 is 22.8. The predicted octanol–water partition coefficient (Wildman–Crippen LogP) is 5.50. The maximum atomic E-state index is 13.0. The van der Waals surface area contributed by atoms with Crippen LogP contribution in [0.25, 0.3) is 0 Å². The number of rotatable bonds is 4. The molecule has 1 aliphatic heterocycles. The van der Waals surface area contributed by atoms with Crippen molar-refractivity contribution in [1.82, 2.24) is 9.97 Å². The first kappa shape index (κ1) is 27.4. The summed E-state index contributed by atoms with van der Waals surface area (Å²) in [5.74, 6) is 0.843. The van der Waals surface area contributed by atoms with Crippen LogP contribution in [0.3, 0.4) is 0 Å². The maximum absolute atomic E-state index is 13.0. The summed E-state index contributed by atoms with van der Waals surface area (Å²) in [4.78, 5) is 34.0. The maximum Gasteiger partial charge on any atom is 0.333 e. The van der Waals surface area contributed by atoms with E-state index in [1.165, 1.54) is 12.8 Å². The highest BCUT2D eigenvalue weighted by molar-refractivity contribution is 5.88. The van der Waals surface area contributed by atoms with Crippen molar-refractivity contribution < 1.29 is 27.9 Å². The fourth-order valence-electron chi connectivity index (χ4n) is 4.86. The van der Waals surface area contributed by atoms with Gasteiger partial charge in [-0.05, 0) is 50.4 Å².